The maximum Gasteiger partial charge on any atom is 0.321 e. The second-order valence-corrected chi connectivity index (χ2v) is 6.76. The number of esters is 1. The molecule has 0 saturated carbocycles. The van der Waals surface area contributed by atoms with Crippen LogP contribution in [0.15, 0.2) is 48.5 Å². The lowest BCUT2D eigenvalue weighted by molar-refractivity contribution is -0.155. The number of ether oxygens (including phenoxy) is 1. The highest BCUT2D eigenvalue weighted by Gasteiger charge is 2.26. The molecule has 3 amide bonds. The predicted octanol–water partition coefficient (Wildman–Crippen LogP) is 2.85. The minimum Gasteiger partial charge on any atom is -0.447 e. The van der Waals surface area contributed by atoms with Crippen molar-refractivity contribution in [2.24, 2.45) is 0 Å². The van der Waals surface area contributed by atoms with Gasteiger partial charge in [-0.25, -0.2) is 4.79 Å². The molecule has 0 fully saturated rings. The number of hydrogen-bond donors (Lipinski definition) is 2. The monoisotopic (exact) mass is 380 g/mol. The molecule has 146 valence electrons. The van der Waals surface area contributed by atoms with Crippen LogP contribution < -0.4 is 10.6 Å². The summed E-state index contributed by atoms with van der Waals surface area (Å²) in [6.45, 7) is 2.13. The van der Waals surface area contributed by atoms with Crippen molar-refractivity contribution in [1.82, 2.24) is 10.6 Å². The van der Waals surface area contributed by atoms with Gasteiger partial charge in [0, 0.05) is 12.1 Å². The Hall–Kier alpha value is -3.15. The minimum atomic E-state index is -1.19. The van der Waals surface area contributed by atoms with E-state index in [9.17, 15) is 14.4 Å². The summed E-state index contributed by atoms with van der Waals surface area (Å²) in [5.41, 5.74) is 3.98. The van der Waals surface area contributed by atoms with Crippen LogP contribution in [0.25, 0.3) is 0 Å². The van der Waals surface area contributed by atoms with E-state index in [1.54, 1.807) is 37.3 Å². The van der Waals surface area contributed by atoms with Gasteiger partial charge in [-0.3, -0.25) is 14.9 Å². The molecule has 0 unspecified atom stereocenters. The first-order valence-corrected chi connectivity index (χ1v) is 9.50. The highest BCUT2D eigenvalue weighted by Crippen LogP contribution is 2.24. The first kappa shape index (κ1) is 19.6. The summed E-state index contributed by atoms with van der Waals surface area (Å²) < 4.78 is 5.47. The second kappa shape index (κ2) is 9.17. The zero-order chi connectivity index (χ0) is 19.9. The van der Waals surface area contributed by atoms with Crippen LogP contribution in [0.5, 0.6) is 0 Å². The molecule has 6 nitrogen and oxygen atoms in total. The van der Waals surface area contributed by atoms with Gasteiger partial charge in [-0.1, -0.05) is 48.5 Å². The molecule has 0 aliphatic heterocycles. The third kappa shape index (κ3) is 4.97. The quantitative estimate of drug-likeness (QED) is 0.755. The van der Waals surface area contributed by atoms with E-state index in [0.29, 0.717) is 12.1 Å². The van der Waals surface area contributed by atoms with Crippen molar-refractivity contribution in [1.29, 1.82) is 0 Å². The third-order valence-corrected chi connectivity index (χ3v) is 4.68. The number of carbonyl (C=O) groups is 3. The Morgan fingerprint density at radius 1 is 1.04 bits per heavy atom. The number of fused-ring (bicyclic) bond motifs is 1. The molecule has 0 radical (unpaired) electrons. The predicted molar refractivity (Wildman–Crippen MR) is 105 cm³/mol. The smallest absolute Gasteiger partial charge is 0.321 e. The van der Waals surface area contributed by atoms with Crippen molar-refractivity contribution < 1.29 is 19.1 Å². The fourth-order valence-electron chi connectivity index (χ4n) is 3.36. The van der Waals surface area contributed by atoms with Gasteiger partial charge in [-0.05, 0) is 42.9 Å². The third-order valence-electron chi connectivity index (χ3n) is 4.68. The van der Waals surface area contributed by atoms with Gasteiger partial charge in [0.05, 0.1) is 6.42 Å². The van der Waals surface area contributed by atoms with E-state index in [-0.39, 0.29) is 6.42 Å². The zero-order valence-electron chi connectivity index (χ0n) is 15.9. The standard InChI is InChI=1S/C22H24N2O4/c1-2-23-22(27)24-21(26)20(17-7-4-3-5-8-17)28-19(25)14-15-11-12-16-9-6-10-18(16)13-15/h3-5,7-8,11-13,20H,2,6,9-10,14H2,1H3,(H2,23,24,26,27)/t20-/m1/s1. The SMILES string of the molecule is CCNC(=O)NC(=O)[C@H](OC(=O)Cc1ccc2c(c1)CCC2)c1ccccc1. The topological polar surface area (TPSA) is 84.5 Å². The van der Waals surface area contributed by atoms with Gasteiger partial charge in [0.25, 0.3) is 5.91 Å². The molecule has 0 heterocycles. The first-order chi connectivity index (χ1) is 13.6. The normalized spacial score (nSPS) is 13.3. The average Bonchev–Trinajstić information content (AvgIpc) is 3.14. The molecule has 1 aliphatic carbocycles. The highest BCUT2D eigenvalue weighted by atomic mass is 16.5. The number of nitrogens with one attached hydrogen (secondary N) is 2. The van der Waals surface area contributed by atoms with Crippen molar-refractivity contribution in [3.8, 4) is 0 Å². The molecule has 28 heavy (non-hydrogen) atoms. The van der Waals surface area contributed by atoms with E-state index in [4.69, 9.17) is 4.74 Å². The van der Waals surface area contributed by atoms with Crippen molar-refractivity contribution >= 4 is 17.9 Å². The summed E-state index contributed by atoms with van der Waals surface area (Å²) in [6.07, 6.45) is 2.13. The van der Waals surface area contributed by atoms with E-state index in [2.05, 4.69) is 16.7 Å². The van der Waals surface area contributed by atoms with Gasteiger partial charge in [0.2, 0.25) is 6.10 Å². The Labute approximate surface area is 164 Å². The number of hydrogen-bond acceptors (Lipinski definition) is 4. The molecule has 3 rings (SSSR count). The minimum absolute atomic E-state index is 0.0745. The molecule has 0 spiro atoms. The number of rotatable bonds is 6. The Bertz CT molecular complexity index is 864. The summed E-state index contributed by atoms with van der Waals surface area (Å²) in [4.78, 5) is 36.7. The van der Waals surface area contributed by atoms with E-state index >= 15 is 0 Å². The highest BCUT2D eigenvalue weighted by molar-refractivity contribution is 5.97. The fourth-order valence-corrected chi connectivity index (χ4v) is 3.36. The Morgan fingerprint density at radius 3 is 2.54 bits per heavy atom. The van der Waals surface area contributed by atoms with Crippen molar-refractivity contribution in [2.45, 2.75) is 38.7 Å². The molecule has 0 saturated heterocycles. The molecular weight excluding hydrogens is 356 g/mol. The molecule has 1 atom stereocenters. The average molecular weight is 380 g/mol. The maximum absolute atomic E-state index is 12.5. The Kier molecular flexibility index (Phi) is 6.42. The lowest BCUT2D eigenvalue weighted by Crippen LogP contribution is -2.42. The summed E-state index contributed by atoms with van der Waals surface area (Å²) in [6, 6.07) is 14.1. The molecular formula is C22H24N2O4. The van der Waals surface area contributed by atoms with E-state index < -0.39 is 24.0 Å². The van der Waals surface area contributed by atoms with Gasteiger partial charge in [-0.2, -0.15) is 0 Å². The van der Waals surface area contributed by atoms with Crippen LogP contribution in [0.3, 0.4) is 0 Å². The van der Waals surface area contributed by atoms with Crippen LogP contribution in [0, 0.1) is 0 Å². The summed E-state index contributed by atoms with van der Waals surface area (Å²) in [7, 11) is 0. The lowest BCUT2D eigenvalue weighted by Gasteiger charge is -2.18. The van der Waals surface area contributed by atoms with Gasteiger partial charge >= 0.3 is 12.0 Å². The summed E-state index contributed by atoms with van der Waals surface area (Å²) >= 11 is 0. The number of amides is 3. The molecule has 1 aliphatic rings. The van der Waals surface area contributed by atoms with Gasteiger partial charge in [0.15, 0.2) is 0 Å². The molecule has 0 aromatic heterocycles. The summed E-state index contributed by atoms with van der Waals surface area (Å²) in [5, 5.41) is 4.70. The number of carbonyl (C=O) groups excluding carboxylic acids is 3. The van der Waals surface area contributed by atoms with Crippen LogP contribution in [-0.4, -0.2) is 24.5 Å². The molecule has 0 bridgehead atoms. The lowest BCUT2D eigenvalue weighted by atomic mass is 10.0. The molecule has 2 aromatic rings. The van der Waals surface area contributed by atoms with Crippen LogP contribution in [0.2, 0.25) is 0 Å². The number of imide groups is 1. The Morgan fingerprint density at radius 2 is 1.79 bits per heavy atom. The second-order valence-electron chi connectivity index (χ2n) is 6.76. The van der Waals surface area contributed by atoms with Crippen LogP contribution >= 0.6 is 0 Å². The largest absolute Gasteiger partial charge is 0.447 e. The Balaban J connectivity index is 1.70. The summed E-state index contributed by atoms with van der Waals surface area (Å²) in [5.74, 6) is -1.20. The van der Waals surface area contributed by atoms with Crippen LogP contribution in [0.4, 0.5) is 4.79 Å². The van der Waals surface area contributed by atoms with Crippen molar-refractivity contribution in [3.05, 3.63) is 70.8 Å². The first-order valence-electron chi connectivity index (χ1n) is 9.50. The van der Waals surface area contributed by atoms with Gasteiger partial charge in [-0.15, -0.1) is 0 Å². The van der Waals surface area contributed by atoms with Crippen LogP contribution in [0.1, 0.15) is 41.7 Å². The maximum atomic E-state index is 12.5. The van der Waals surface area contributed by atoms with Gasteiger partial charge < -0.3 is 10.1 Å². The zero-order valence-corrected chi connectivity index (χ0v) is 15.9. The molecule has 2 N–H and O–H groups in total. The van der Waals surface area contributed by atoms with Crippen molar-refractivity contribution in [3.63, 3.8) is 0 Å². The number of aryl methyl sites for hydroxylation is 2. The van der Waals surface area contributed by atoms with Crippen molar-refractivity contribution in [2.75, 3.05) is 6.54 Å². The van der Waals surface area contributed by atoms with Gasteiger partial charge in [0.1, 0.15) is 0 Å². The molecule has 6 heteroatoms. The number of benzene rings is 2. The van der Waals surface area contributed by atoms with E-state index in [1.165, 1.54) is 11.1 Å². The van der Waals surface area contributed by atoms with E-state index in [1.807, 2.05) is 12.1 Å². The fraction of sp³-hybridized carbons (Fsp3) is 0.318. The van der Waals surface area contributed by atoms with Crippen LogP contribution in [-0.2, 0) is 33.6 Å². The molecule has 2 aromatic carbocycles. The number of urea groups is 1. The van der Waals surface area contributed by atoms with E-state index in [0.717, 1.165) is 24.8 Å².